The van der Waals surface area contributed by atoms with E-state index in [0.717, 1.165) is 11.1 Å². The van der Waals surface area contributed by atoms with Crippen molar-refractivity contribution in [2.75, 3.05) is 0 Å². The molecular weight excluding hydrogens is 289 g/mol. The van der Waals surface area contributed by atoms with Gasteiger partial charge in [-0.05, 0) is 30.5 Å². The Morgan fingerprint density at radius 1 is 0.909 bits per heavy atom. The number of hydrogen-bond acceptors (Lipinski definition) is 1. The molecule has 22 heavy (non-hydrogen) atoms. The zero-order chi connectivity index (χ0) is 15.8. The van der Waals surface area contributed by atoms with Crippen LogP contribution in [0.15, 0.2) is 48.5 Å². The Morgan fingerprint density at radius 3 is 2.14 bits per heavy atom. The Kier molecular flexibility index (Phi) is 2.47. The van der Waals surface area contributed by atoms with Crippen LogP contribution in [-0.4, -0.2) is 11.8 Å². The molecule has 0 bridgehead atoms. The highest BCUT2D eigenvalue weighted by Crippen LogP contribution is 2.69. The van der Waals surface area contributed by atoms with Crippen LogP contribution in [0.4, 0.5) is 13.2 Å². The van der Waals surface area contributed by atoms with Crippen LogP contribution in [0.2, 0.25) is 0 Å². The molecule has 1 nitrogen and oxygen atoms in total. The molecule has 1 aliphatic carbocycles. The highest BCUT2D eigenvalue weighted by Gasteiger charge is 2.76. The van der Waals surface area contributed by atoms with Crippen LogP contribution in [0, 0.1) is 0 Å². The number of fused-ring (bicyclic) bond motifs is 6. The lowest BCUT2D eigenvalue weighted by Crippen LogP contribution is -2.69. The Labute approximate surface area is 126 Å². The lowest BCUT2D eigenvalue weighted by Gasteiger charge is -2.62. The van der Waals surface area contributed by atoms with Gasteiger partial charge in [0.25, 0.3) is 0 Å². The van der Waals surface area contributed by atoms with Gasteiger partial charge in [-0.1, -0.05) is 48.5 Å². The minimum Gasteiger partial charge on any atom is -0.353 e. The molecule has 2 aromatic rings. The van der Waals surface area contributed by atoms with Crippen LogP contribution in [0.3, 0.4) is 0 Å². The van der Waals surface area contributed by atoms with Crippen LogP contribution >= 0.6 is 0 Å². The zero-order valence-corrected chi connectivity index (χ0v) is 12.2. The van der Waals surface area contributed by atoms with Gasteiger partial charge in [0, 0.05) is 5.56 Å². The average Bonchev–Trinajstić information content (AvgIpc) is 2.44. The van der Waals surface area contributed by atoms with Gasteiger partial charge in [-0.3, -0.25) is 0 Å². The summed E-state index contributed by atoms with van der Waals surface area (Å²) in [6.07, 6.45) is -4.46. The minimum absolute atomic E-state index is 0.227. The minimum atomic E-state index is -4.46. The van der Waals surface area contributed by atoms with Crippen LogP contribution in [-0.2, 0) is 10.3 Å². The third kappa shape index (κ3) is 1.44. The topological polar surface area (TPSA) is 9.23 Å². The largest absolute Gasteiger partial charge is 0.422 e. The fourth-order valence-electron chi connectivity index (χ4n) is 4.18. The van der Waals surface area contributed by atoms with E-state index in [4.69, 9.17) is 4.74 Å². The summed E-state index contributed by atoms with van der Waals surface area (Å²) in [5.74, 6) is -0.730. The highest BCUT2D eigenvalue weighted by atomic mass is 19.4. The summed E-state index contributed by atoms with van der Waals surface area (Å²) in [6.45, 7) is 3.46. The monoisotopic (exact) mass is 304 g/mol. The van der Waals surface area contributed by atoms with Gasteiger partial charge in [0.05, 0.1) is 11.5 Å². The third-order valence-electron chi connectivity index (χ3n) is 4.84. The van der Waals surface area contributed by atoms with Gasteiger partial charge in [0.15, 0.2) is 5.60 Å². The Bertz CT molecular complexity index is 763. The first kappa shape index (κ1) is 13.8. The molecule has 0 aromatic heterocycles. The number of rotatable bonds is 0. The van der Waals surface area contributed by atoms with Gasteiger partial charge >= 0.3 is 6.18 Å². The molecule has 0 radical (unpaired) electrons. The van der Waals surface area contributed by atoms with Gasteiger partial charge in [-0.15, -0.1) is 0 Å². The van der Waals surface area contributed by atoms with Gasteiger partial charge in [-0.2, -0.15) is 13.2 Å². The zero-order valence-electron chi connectivity index (χ0n) is 12.2. The van der Waals surface area contributed by atoms with E-state index in [0.29, 0.717) is 5.56 Å². The normalized spacial score (nSPS) is 28.1. The predicted molar refractivity (Wildman–Crippen MR) is 77.5 cm³/mol. The van der Waals surface area contributed by atoms with Crippen LogP contribution in [0.5, 0.6) is 0 Å². The van der Waals surface area contributed by atoms with Crippen molar-refractivity contribution in [1.29, 1.82) is 0 Å². The van der Waals surface area contributed by atoms with Crippen molar-refractivity contribution in [2.45, 2.75) is 37.1 Å². The summed E-state index contributed by atoms with van der Waals surface area (Å²) in [5, 5.41) is 0. The molecule has 0 amide bonds. The number of hydrogen-bond donors (Lipinski definition) is 0. The lowest BCUT2D eigenvalue weighted by atomic mass is 9.58. The van der Waals surface area contributed by atoms with Crippen molar-refractivity contribution in [3.05, 3.63) is 59.7 Å². The number of benzene rings is 2. The van der Waals surface area contributed by atoms with Crippen LogP contribution < -0.4 is 0 Å². The predicted octanol–water partition coefficient (Wildman–Crippen LogP) is 5.02. The maximum atomic E-state index is 14.0. The Hall–Kier alpha value is -1.81. The smallest absolute Gasteiger partial charge is 0.353 e. The van der Waals surface area contributed by atoms with Crippen molar-refractivity contribution in [2.24, 2.45) is 0 Å². The fraction of sp³-hybridized carbons (Fsp3) is 0.333. The molecule has 0 saturated carbocycles. The second-order valence-corrected chi connectivity index (χ2v) is 6.50. The molecule has 2 aromatic carbocycles. The standard InChI is InChI=1S/C18H15F3O/c1-16(2)15-13-9-4-3-7-11(13)12-8-5-6-10-14(12)17(15,22-16)18(19,20)21/h3-10,15H,1-2H3/t15-,17-/m1/s1. The van der Waals surface area contributed by atoms with E-state index in [1.807, 2.05) is 12.1 Å². The number of ether oxygens (including phenoxy) is 1. The molecule has 2 atom stereocenters. The lowest BCUT2D eigenvalue weighted by molar-refractivity contribution is -0.400. The van der Waals surface area contributed by atoms with Gasteiger partial charge in [0.2, 0.25) is 0 Å². The van der Waals surface area contributed by atoms with Crippen molar-refractivity contribution >= 4 is 0 Å². The van der Waals surface area contributed by atoms with E-state index in [-0.39, 0.29) is 5.56 Å². The highest BCUT2D eigenvalue weighted by molar-refractivity contribution is 5.77. The first-order valence-electron chi connectivity index (χ1n) is 7.25. The van der Waals surface area contributed by atoms with E-state index in [9.17, 15) is 13.2 Å². The second-order valence-electron chi connectivity index (χ2n) is 6.50. The summed E-state index contributed by atoms with van der Waals surface area (Å²) < 4.78 is 47.6. The summed E-state index contributed by atoms with van der Waals surface area (Å²) in [6, 6.07) is 14.0. The van der Waals surface area contributed by atoms with E-state index >= 15 is 0 Å². The Morgan fingerprint density at radius 2 is 1.50 bits per heavy atom. The van der Waals surface area contributed by atoms with Crippen molar-refractivity contribution in [3.8, 4) is 11.1 Å². The van der Waals surface area contributed by atoms with Crippen LogP contribution in [0.1, 0.15) is 30.9 Å². The van der Waals surface area contributed by atoms with Crippen molar-refractivity contribution in [3.63, 3.8) is 0 Å². The third-order valence-corrected chi connectivity index (χ3v) is 4.84. The molecule has 0 unspecified atom stereocenters. The van der Waals surface area contributed by atoms with E-state index in [1.165, 1.54) is 0 Å². The van der Waals surface area contributed by atoms with Gasteiger partial charge in [-0.25, -0.2) is 0 Å². The molecule has 1 aliphatic heterocycles. The molecule has 0 N–H and O–H groups in total. The Balaban J connectivity index is 2.10. The first-order chi connectivity index (χ1) is 10.3. The van der Waals surface area contributed by atoms with Gasteiger partial charge in [0.1, 0.15) is 0 Å². The molecule has 0 spiro atoms. The van der Waals surface area contributed by atoms with Crippen LogP contribution in [0.25, 0.3) is 11.1 Å². The summed E-state index contributed by atoms with van der Waals surface area (Å²) in [7, 11) is 0. The molecule has 1 saturated heterocycles. The van der Waals surface area contributed by atoms with E-state index in [1.54, 1.807) is 50.2 Å². The average molecular weight is 304 g/mol. The molecule has 114 valence electrons. The van der Waals surface area contributed by atoms with E-state index < -0.39 is 23.3 Å². The number of halogens is 3. The maximum Gasteiger partial charge on any atom is 0.422 e. The fourth-order valence-corrected chi connectivity index (χ4v) is 4.18. The molecule has 2 aliphatic rings. The van der Waals surface area contributed by atoms with Crippen molar-refractivity contribution in [1.82, 2.24) is 0 Å². The van der Waals surface area contributed by atoms with E-state index in [2.05, 4.69) is 0 Å². The quantitative estimate of drug-likeness (QED) is 0.664. The molecule has 1 heterocycles. The number of alkyl halides is 3. The van der Waals surface area contributed by atoms with Gasteiger partial charge < -0.3 is 4.74 Å². The summed E-state index contributed by atoms with van der Waals surface area (Å²) in [5.41, 5.74) is -0.650. The summed E-state index contributed by atoms with van der Waals surface area (Å²) in [4.78, 5) is 0. The SMILES string of the molecule is CC1(C)O[C@]2(C(F)(F)F)c3ccccc3-c3ccccc3[C@H]12. The summed E-state index contributed by atoms with van der Waals surface area (Å²) >= 11 is 0. The molecular formula is C18H15F3O. The second kappa shape index (κ2) is 3.93. The first-order valence-corrected chi connectivity index (χ1v) is 7.25. The molecule has 4 rings (SSSR count). The maximum absolute atomic E-state index is 14.0. The van der Waals surface area contributed by atoms with Crippen molar-refractivity contribution < 1.29 is 17.9 Å². The molecule has 1 fully saturated rings. The molecule has 4 heteroatoms.